The summed E-state index contributed by atoms with van der Waals surface area (Å²) in [6.45, 7) is 3.77. The van der Waals surface area contributed by atoms with Crippen LogP contribution in [0, 0.1) is 0 Å². The number of aliphatic hydroxyl groups excluding tert-OH is 1. The van der Waals surface area contributed by atoms with Gasteiger partial charge in [0.05, 0.1) is 12.2 Å². The second-order valence-corrected chi connectivity index (χ2v) is 6.16. The zero-order valence-electron chi connectivity index (χ0n) is 12.3. The molecular formula is C17H25NO2. The van der Waals surface area contributed by atoms with Crippen LogP contribution in [0.5, 0.6) is 0 Å². The van der Waals surface area contributed by atoms with E-state index in [1.54, 1.807) is 0 Å². The zero-order valence-corrected chi connectivity index (χ0v) is 12.3. The van der Waals surface area contributed by atoms with E-state index in [4.69, 9.17) is 4.74 Å². The summed E-state index contributed by atoms with van der Waals surface area (Å²) in [6, 6.07) is 6.52. The number of rotatable bonds is 5. The van der Waals surface area contributed by atoms with Crippen molar-refractivity contribution in [2.75, 3.05) is 13.2 Å². The fourth-order valence-corrected chi connectivity index (χ4v) is 3.30. The Morgan fingerprint density at radius 2 is 2.15 bits per heavy atom. The minimum absolute atomic E-state index is 0.0543. The molecule has 110 valence electrons. The maximum Gasteiger partial charge on any atom is 0.0940 e. The number of benzene rings is 1. The lowest BCUT2D eigenvalue weighted by Gasteiger charge is -2.23. The van der Waals surface area contributed by atoms with Gasteiger partial charge in [-0.2, -0.15) is 0 Å². The highest BCUT2D eigenvalue weighted by Crippen LogP contribution is 2.26. The van der Waals surface area contributed by atoms with Crippen molar-refractivity contribution in [1.82, 2.24) is 5.32 Å². The van der Waals surface area contributed by atoms with Crippen LogP contribution in [0.25, 0.3) is 0 Å². The van der Waals surface area contributed by atoms with Gasteiger partial charge in [-0.05, 0) is 55.7 Å². The average molecular weight is 275 g/mol. The van der Waals surface area contributed by atoms with Gasteiger partial charge in [0.15, 0.2) is 0 Å². The van der Waals surface area contributed by atoms with Crippen LogP contribution in [0.15, 0.2) is 18.2 Å². The smallest absolute Gasteiger partial charge is 0.0940 e. The van der Waals surface area contributed by atoms with Crippen LogP contribution in [0.1, 0.15) is 49.0 Å². The fraction of sp³-hybridized carbons (Fsp3) is 0.647. The molecule has 3 nitrogen and oxygen atoms in total. The summed E-state index contributed by atoms with van der Waals surface area (Å²) in [6.07, 6.45) is 5.78. The van der Waals surface area contributed by atoms with Crippen molar-refractivity contribution >= 4 is 0 Å². The molecule has 1 aromatic rings. The van der Waals surface area contributed by atoms with Crippen molar-refractivity contribution in [2.24, 2.45) is 0 Å². The Balaban J connectivity index is 1.58. The molecule has 0 radical (unpaired) electrons. The van der Waals surface area contributed by atoms with Gasteiger partial charge in [0.2, 0.25) is 0 Å². The minimum Gasteiger partial charge on any atom is -0.387 e. The van der Waals surface area contributed by atoms with Crippen LogP contribution in [0.4, 0.5) is 0 Å². The molecule has 1 aromatic carbocycles. The quantitative estimate of drug-likeness (QED) is 0.867. The first-order valence-corrected chi connectivity index (χ1v) is 7.89. The summed E-state index contributed by atoms with van der Waals surface area (Å²) in [4.78, 5) is 0. The predicted molar refractivity (Wildman–Crippen MR) is 79.9 cm³/mol. The SMILES string of the molecule is CC(NCC1CCCO1)C(O)c1ccc2c(c1)CCC2. The molecule has 0 spiro atoms. The number of ether oxygens (including phenoxy) is 1. The Morgan fingerprint density at radius 3 is 2.95 bits per heavy atom. The maximum absolute atomic E-state index is 10.5. The van der Waals surface area contributed by atoms with E-state index < -0.39 is 6.10 Å². The van der Waals surface area contributed by atoms with E-state index in [2.05, 4.69) is 23.5 Å². The molecule has 3 atom stereocenters. The minimum atomic E-state index is -0.442. The number of fused-ring (bicyclic) bond motifs is 1. The van der Waals surface area contributed by atoms with Gasteiger partial charge in [0, 0.05) is 19.2 Å². The van der Waals surface area contributed by atoms with E-state index in [0.717, 1.165) is 38.0 Å². The first-order chi connectivity index (χ1) is 9.74. The van der Waals surface area contributed by atoms with Crippen molar-refractivity contribution < 1.29 is 9.84 Å². The van der Waals surface area contributed by atoms with E-state index in [0.29, 0.717) is 6.10 Å². The van der Waals surface area contributed by atoms with Crippen LogP contribution in [-0.2, 0) is 17.6 Å². The van der Waals surface area contributed by atoms with Gasteiger partial charge in [-0.25, -0.2) is 0 Å². The van der Waals surface area contributed by atoms with Gasteiger partial charge in [-0.15, -0.1) is 0 Å². The second kappa shape index (κ2) is 6.25. The van der Waals surface area contributed by atoms with Gasteiger partial charge in [-0.1, -0.05) is 18.2 Å². The molecule has 0 aromatic heterocycles. The molecule has 0 saturated carbocycles. The summed E-state index contributed by atoms with van der Waals surface area (Å²) in [5.41, 5.74) is 3.92. The third-order valence-corrected chi connectivity index (χ3v) is 4.63. The summed E-state index contributed by atoms with van der Waals surface area (Å²) in [5.74, 6) is 0. The molecule has 20 heavy (non-hydrogen) atoms. The standard InChI is InChI=1S/C17H25NO2/c1-12(18-11-16-6-3-9-20-16)17(19)15-8-7-13-4-2-5-14(13)10-15/h7-8,10,12,16-19H,2-6,9,11H2,1H3. The number of aryl methyl sites for hydroxylation is 2. The topological polar surface area (TPSA) is 41.5 Å². The largest absolute Gasteiger partial charge is 0.387 e. The highest BCUT2D eigenvalue weighted by Gasteiger charge is 2.21. The van der Waals surface area contributed by atoms with Crippen LogP contribution in [0.3, 0.4) is 0 Å². The molecule has 0 amide bonds. The molecule has 2 aliphatic rings. The molecule has 1 aliphatic heterocycles. The molecule has 2 N–H and O–H groups in total. The van der Waals surface area contributed by atoms with Crippen molar-refractivity contribution in [2.45, 2.75) is 57.3 Å². The van der Waals surface area contributed by atoms with E-state index in [-0.39, 0.29) is 6.04 Å². The van der Waals surface area contributed by atoms with Gasteiger partial charge in [0.1, 0.15) is 0 Å². The lowest BCUT2D eigenvalue weighted by atomic mass is 9.99. The number of hydrogen-bond donors (Lipinski definition) is 2. The van der Waals surface area contributed by atoms with Crippen molar-refractivity contribution in [3.63, 3.8) is 0 Å². The number of aliphatic hydroxyl groups is 1. The first-order valence-electron chi connectivity index (χ1n) is 7.89. The zero-order chi connectivity index (χ0) is 13.9. The molecular weight excluding hydrogens is 250 g/mol. The van der Waals surface area contributed by atoms with Gasteiger partial charge < -0.3 is 15.2 Å². The molecule has 1 heterocycles. The van der Waals surface area contributed by atoms with Crippen molar-refractivity contribution in [3.8, 4) is 0 Å². The Bertz CT molecular complexity index is 454. The van der Waals surface area contributed by atoms with E-state index in [1.165, 1.54) is 24.0 Å². The fourth-order valence-electron chi connectivity index (χ4n) is 3.30. The Hall–Kier alpha value is -0.900. The lowest BCUT2D eigenvalue weighted by Crippen LogP contribution is -2.37. The highest BCUT2D eigenvalue weighted by atomic mass is 16.5. The Labute approximate surface area is 121 Å². The van der Waals surface area contributed by atoms with Gasteiger partial charge >= 0.3 is 0 Å². The van der Waals surface area contributed by atoms with E-state index >= 15 is 0 Å². The summed E-state index contributed by atoms with van der Waals surface area (Å²) >= 11 is 0. The normalized spacial score (nSPS) is 24.6. The van der Waals surface area contributed by atoms with Crippen LogP contribution in [-0.4, -0.2) is 30.4 Å². The summed E-state index contributed by atoms with van der Waals surface area (Å²) in [7, 11) is 0. The molecule has 1 fully saturated rings. The van der Waals surface area contributed by atoms with Crippen LogP contribution < -0.4 is 5.32 Å². The molecule has 3 heteroatoms. The lowest BCUT2D eigenvalue weighted by molar-refractivity contribution is 0.0910. The van der Waals surface area contributed by atoms with E-state index in [1.807, 2.05) is 6.92 Å². The molecule has 3 unspecified atom stereocenters. The Kier molecular flexibility index (Phi) is 4.39. The molecule has 1 saturated heterocycles. The third-order valence-electron chi connectivity index (χ3n) is 4.63. The van der Waals surface area contributed by atoms with Crippen LogP contribution >= 0.6 is 0 Å². The molecule has 0 bridgehead atoms. The average Bonchev–Trinajstić information content (AvgIpc) is 3.13. The van der Waals surface area contributed by atoms with Gasteiger partial charge in [0.25, 0.3) is 0 Å². The van der Waals surface area contributed by atoms with Crippen LogP contribution in [0.2, 0.25) is 0 Å². The monoisotopic (exact) mass is 275 g/mol. The predicted octanol–water partition coefficient (Wildman–Crippen LogP) is 2.37. The summed E-state index contributed by atoms with van der Waals surface area (Å²) < 4.78 is 5.61. The van der Waals surface area contributed by atoms with Gasteiger partial charge in [-0.3, -0.25) is 0 Å². The third kappa shape index (κ3) is 3.05. The summed E-state index contributed by atoms with van der Waals surface area (Å²) in [5, 5.41) is 13.9. The first kappa shape index (κ1) is 14.1. The maximum atomic E-state index is 10.5. The Morgan fingerprint density at radius 1 is 1.30 bits per heavy atom. The van der Waals surface area contributed by atoms with E-state index in [9.17, 15) is 5.11 Å². The molecule has 1 aliphatic carbocycles. The second-order valence-electron chi connectivity index (χ2n) is 6.16. The molecule has 3 rings (SSSR count). The number of hydrogen-bond acceptors (Lipinski definition) is 3. The van der Waals surface area contributed by atoms with Crippen molar-refractivity contribution in [3.05, 3.63) is 34.9 Å². The highest BCUT2D eigenvalue weighted by molar-refractivity contribution is 5.36. The van der Waals surface area contributed by atoms with Crippen molar-refractivity contribution in [1.29, 1.82) is 0 Å². The number of nitrogens with one attached hydrogen (secondary N) is 1.